The van der Waals surface area contributed by atoms with Gasteiger partial charge in [-0.3, -0.25) is 9.59 Å². The van der Waals surface area contributed by atoms with Gasteiger partial charge in [0.25, 0.3) is 5.56 Å². The van der Waals surface area contributed by atoms with E-state index in [9.17, 15) is 24.0 Å². The summed E-state index contributed by atoms with van der Waals surface area (Å²) in [5.74, 6) is -2.61. The molecule has 2 atom stereocenters. The third-order valence-corrected chi connectivity index (χ3v) is 7.60. The summed E-state index contributed by atoms with van der Waals surface area (Å²) >= 11 is 0. The third kappa shape index (κ3) is 4.57. The molecular weight excluding hydrogens is 514 g/mol. The highest BCUT2D eigenvalue weighted by Gasteiger charge is 2.51. The van der Waals surface area contributed by atoms with Crippen LogP contribution in [0.5, 0.6) is 0 Å². The van der Waals surface area contributed by atoms with E-state index in [1.165, 1.54) is 6.92 Å². The molecule has 1 amide bonds. The Hall–Kier alpha value is -4.34. The normalized spacial score (nSPS) is 18.0. The average molecular weight is 546 g/mol. The van der Waals surface area contributed by atoms with Crippen molar-refractivity contribution in [3.8, 4) is 11.4 Å². The zero-order valence-electron chi connectivity index (χ0n) is 22.9. The Kier molecular flexibility index (Phi) is 7.03. The first-order chi connectivity index (χ1) is 19.1. The summed E-state index contributed by atoms with van der Waals surface area (Å²) in [4.78, 5) is 69.1. The standard InChI is InChI=1S/C30H31N3O7/c1-5-30(40-28(37)25(16(2)3)32-24(35)11-10-17(4)34)21-13-23-26-19(12-18-8-6-7-9-22(18)31-26)14-33(23)27(36)20(21)15-39-29(30)38/h6-9,12-13,16,25H,5,10-11,14-15H2,1-4H3,(H,32,35)/t25-,30-/m0/s1. The fourth-order valence-corrected chi connectivity index (χ4v) is 5.35. The number of para-hydroxylation sites is 1. The van der Waals surface area contributed by atoms with E-state index in [-0.39, 0.29) is 54.3 Å². The molecule has 0 spiro atoms. The summed E-state index contributed by atoms with van der Waals surface area (Å²) in [7, 11) is 0. The lowest BCUT2D eigenvalue weighted by Crippen LogP contribution is -2.52. The molecule has 208 valence electrons. The minimum atomic E-state index is -1.88. The number of aromatic nitrogens is 2. The minimum Gasteiger partial charge on any atom is -0.457 e. The fraction of sp³-hybridized carbons (Fsp3) is 0.400. The number of carbonyl (C=O) groups is 4. The van der Waals surface area contributed by atoms with Gasteiger partial charge in [0.2, 0.25) is 11.5 Å². The van der Waals surface area contributed by atoms with Gasteiger partial charge in [-0.05, 0) is 37.5 Å². The number of cyclic esters (lactones) is 1. The van der Waals surface area contributed by atoms with Crippen molar-refractivity contribution in [1.82, 2.24) is 14.9 Å². The van der Waals surface area contributed by atoms with E-state index in [1.807, 2.05) is 30.3 Å². The lowest BCUT2D eigenvalue weighted by molar-refractivity contribution is -0.191. The van der Waals surface area contributed by atoms with Crippen molar-refractivity contribution in [1.29, 1.82) is 0 Å². The lowest BCUT2D eigenvalue weighted by Gasteiger charge is -2.37. The molecule has 0 unspecified atom stereocenters. The Morgan fingerprint density at radius 1 is 1.15 bits per heavy atom. The van der Waals surface area contributed by atoms with E-state index >= 15 is 0 Å². The molecule has 10 heteroatoms. The summed E-state index contributed by atoms with van der Waals surface area (Å²) in [6, 6.07) is 10.3. The molecule has 1 aromatic carbocycles. The number of esters is 2. The number of ether oxygens (including phenoxy) is 2. The summed E-state index contributed by atoms with van der Waals surface area (Å²) < 4.78 is 12.9. The highest BCUT2D eigenvalue weighted by Crippen LogP contribution is 2.41. The summed E-state index contributed by atoms with van der Waals surface area (Å²) in [5, 5.41) is 3.58. The molecule has 1 N–H and O–H groups in total. The van der Waals surface area contributed by atoms with Crippen LogP contribution in [-0.4, -0.2) is 39.2 Å². The molecule has 2 aromatic heterocycles. The van der Waals surface area contributed by atoms with Gasteiger partial charge in [-0.15, -0.1) is 0 Å². The highest BCUT2D eigenvalue weighted by molar-refractivity contribution is 5.91. The topological polar surface area (TPSA) is 134 Å². The third-order valence-electron chi connectivity index (χ3n) is 7.60. The van der Waals surface area contributed by atoms with Crippen LogP contribution in [-0.2, 0) is 47.4 Å². The molecule has 0 saturated carbocycles. The predicted octanol–water partition coefficient (Wildman–Crippen LogP) is 3.14. The monoisotopic (exact) mass is 545 g/mol. The van der Waals surface area contributed by atoms with E-state index in [2.05, 4.69) is 5.32 Å². The number of nitrogens with zero attached hydrogens (tertiary/aromatic N) is 2. The van der Waals surface area contributed by atoms with Crippen LogP contribution in [0.1, 0.15) is 63.6 Å². The van der Waals surface area contributed by atoms with Crippen LogP contribution in [0.25, 0.3) is 22.3 Å². The van der Waals surface area contributed by atoms with Crippen molar-refractivity contribution < 1.29 is 28.7 Å². The molecule has 0 aliphatic carbocycles. The molecule has 4 heterocycles. The smallest absolute Gasteiger partial charge is 0.355 e. The van der Waals surface area contributed by atoms with Crippen molar-refractivity contribution in [3.05, 3.63) is 63.4 Å². The quantitative estimate of drug-likeness (QED) is 0.334. The van der Waals surface area contributed by atoms with Gasteiger partial charge in [-0.25, -0.2) is 14.6 Å². The molecule has 2 aliphatic rings. The van der Waals surface area contributed by atoms with Crippen molar-refractivity contribution in [2.75, 3.05) is 0 Å². The predicted molar refractivity (Wildman–Crippen MR) is 145 cm³/mol. The van der Waals surface area contributed by atoms with E-state index in [0.717, 1.165) is 16.5 Å². The number of Topliss-reactive ketones (excluding diaryl/α,β-unsaturated/α-hetero) is 1. The van der Waals surface area contributed by atoms with E-state index in [0.29, 0.717) is 17.9 Å². The number of nitrogens with one attached hydrogen (secondary N) is 1. The molecular formula is C30H31N3O7. The van der Waals surface area contributed by atoms with Gasteiger partial charge in [0, 0.05) is 29.4 Å². The largest absolute Gasteiger partial charge is 0.457 e. The molecule has 0 fully saturated rings. The molecule has 10 nitrogen and oxygen atoms in total. The van der Waals surface area contributed by atoms with Crippen LogP contribution in [0.3, 0.4) is 0 Å². The fourth-order valence-electron chi connectivity index (χ4n) is 5.35. The number of pyridine rings is 2. The first-order valence-electron chi connectivity index (χ1n) is 13.4. The average Bonchev–Trinajstić information content (AvgIpc) is 3.28. The van der Waals surface area contributed by atoms with Crippen molar-refractivity contribution >= 4 is 34.5 Å². The van der Waals surface area contributed by atoms with Crippen LogP contribution < -0.4 is 10.9 Å². The summed E-state index contributed by atoms with van der Waals surface area (Å²) in [6.45, 7) is 6.60. The maximum atomic E-state index is 13.7. The molecule has 0 radical (unpaired) electrons. The lowest BCUT2D eigenvalue weighted by atomic mass is 9.85. The van der Waals surface area contributed by atoms with Gasteiger partial charge >= 0.3 is 11.9 Å². The number of amides is 1. The SMILES string of the molecule is CC[C@@]1(OC(=O)[C@@H](NC(=O)CCC(C)=O)C(C)C)C(=O)OCc2c1cc1n(c2=O)Cc2cc3ccccc3nc2-1. The number of hydrogen-bond donors (Lipinski definition) is 1. The Balaban J connectivity index is 1.55. The Labute approximate surface area is 230 Å². The Morgan fingerprint density at radius 2 is 1.90 bits per heavy atom. The van der Waals surface area contributed by atoms with Gasteiger partial charge in [0.05, 0.1) is 29.0 Å². The van der Waals surface area contributed by atoms with E-state index in [4.69, 9.17) is 14.5 Å². The minimum absolute atomic E-state index is 0.00850. The van der Waals surface area contributed by atoms with Crippen LogP contribution in [0.4, 0.5) is 0 Å². The van der Waals surface area contributed by atoms with Crippen LogP contribution in [0.2, 0.25) is 0 Å². The van der Waals surface area contributed by atoms with Crippen molar-refractivity contribution in [2.24, 2.45) is 5.92 Å². The molecule has 5 rings (SSSR count). The van der Waals surface area contributed by atoms with Crippen molar-refractivity contribution in [2.45, 2.75) is 71.8 Å². The Morgan fingerprint density at radius 3 is 2.60 bits per heavy atom. The first-order valence-corrected chi connectivity index (χ1v) is 13.4. The van der Waals surface area contributed by atoms with Gasteiger partial charge < -0.3 is 24.2 Å². The van der Waals surface area contributed by atoms with Gasteiger partial charge in [0.15, 0.2) is 0 Å². The summed E-state index contributed by atoms with van der Waals surface area (Å²) in [5.41, 5.74) is 1.10. The van der Waals surface area contributed by atoms with Crippen LogP contribution >= 0.6 is 0 Å². The molecule has 0 bridgehead atoms. The van der Waals surface area contributed by atoms with Gasteiger partial charge in [-0.2, -0.15) is 0 Å². The highest BCUT2D eigenvalue weighted by atomic mass is 16.6. The van der Waals surface area contributed by atoms with Crippen molar-refractivity contribution in [3.63, 3.8) is 0 Å². The van der Waals surface area contributed by atoms with E-state index in [1.54, 1.807) is 31.4 Å². The zero-order chi connectivity index (χ0) is 28.8. The maximum absolute atomic E-state index is 13.7. The van der Waals surface area contributed by atoms with Gasteiger partial charge in [0.1, 0.15) is 18.4 Å². The second kappa shape index (κ2) is 10.3. The van der Waals surface area contributed by atoms with E-state index < -0.39 is 29.5 Å². The number of benzene rings is 1. The number of rotatable bonds is 8. The van der Waals surface area contributed by atoms with Crippen LogP contribution in [0, 0.1) is 5.92 Å². The summed E-state index contributed by atoms with van der Waals surface area (Å²) in [6.07, 6.45) is -0.0155. The van der Waals surface area contributed by atoms with Gasteiger partial charge in [-0.1, -0.05) is 39.0 Å². The second-order valence-corrected chi connectivity index (χ2v) is 10.7. The number of hydrogen-bond acceptors (Lipinski definition) is 8. The Bertz CT molecular complexity index is 1620. The molecule has 2 aliphatic heterocycles. The molecule has 0 saturated heterocycles. The molecule has 3 aromatic rings. The maximum Gasteiger partial charge on any atom is 0.355 e. The second-order valence-electron chi connectivity index (χ2n) is 10.7. The number of fused-ring (bicyclic) bond motifs is 5. The number of carbonyl (C=O) groups excluding carboxylic acids is 4. The first kappa shape index (κ1) is 27.2. The number of ketones is 1. The molecule has 40 heavy (non-hydrogen) atoms. The van der Waals surface area contributed by atoms with Crippen LogP contribution in [0.15, 0.2) is 41.2 Å². The zero-order valence-corrected chi connectivity index (χ0v) is 22.9.